The summed E-state index contributed by atoms with van der Waals surface area (Å²) in [5, 5.41) is 0.814. The first-order valence-electron chi connectivity index (χ1n) is 7.72. The topological polar surface area (TPSA) is 47.4 Å². The molecule has 122 valence electrons. The van der Waals surface area contributed by atoms with E-state index in [1.165, 1.54) is 11.8 Å². The van der Waals surface area contributed by atoms with Crippen LogP contribution in [0.25, 0.3) is 5.69 Å². The third-order valence-corrected chi connectivity index (χ3v) is 4.51. The molecule has 1 aliphatic heterocycles. The molecule has 1 aromatic heterocycles. The van der Waals surface area contributed by atoms with Gasteiger partial charge in [0.05, 0.1) is 18.4 Å². The van der Waals surface area contributed by atoms with E-state index in [2.05, 4.69) is 4.98 Å². The van der Waals surface area contributed by atoms with Gasteiger partial charge in [-0.1, -0.05) is 30.0 Å². The van der Waals surface area contributed by atoms with Crippen molar-refractivity contribution >= 4 is 17.7 Å². The van der Waals surface area contributed by atoms with E-state index >= 15 is 0 Å². The zero-order chi connectivity index (χ0) is 16.4. The first-order valence-corrected chi connectivity index (χ1v) is 8.94. The van der Waals surface area contributed by atoms with Gasteiger partial charge in [-0.2, -0.15) is 0 Å². The van der Waals surface area contributed by atoms with E-state index in [1.807, 2.05) is 59.9 Å². The highest BCUT2D eigenvalue weighted by molar-refractivity contribution is 7.98. The summed E-state index contributed by atoms with van der Waals surface area (Å²) in [4.78, 5) is 19.3. The van der Waals surface area contributed by atoms with Crippen LogP contribution in [0.15, 0.2) is 41.7 Å². The van der Waals surface area contributed by atoms with Gasteiger partial charge < -0.3 is 9.64 Å². The summed E-state index contributed by atoms with van der Waals surface area (Å²) in [6.07, 6.45) is 3.74. The van der Waals surface area contributed by atoms with Crippen molar-refractivity contribution in [1.82, 2.24) is 14.5 Å². The van der Waals surface area contributed by atoms with E-state index < -0.39 is 0 Å². The average Bonchev–Trinajstić information content (AvgIpc) is 2.98. The summed E-state index contributed by atoms with van der Waals surface area (Å²) in [6.45, 7) is 5.21. The Balaban J connectivity index is 1.97. The number of amides is 1. The number of ether oxygens (including phenoxy) is 1. The predicted molar refractivity (Wildman–Crippen MR) is 91.3 cm³/mol. The molecule has 0 bridgehead atoms. The maximum absolute atomic E-state index is 13.0. The molecule has 23 heavy (non-hydrogen) atoms. The van der Waals surface area contributed by atoms with Crippen molar-refractivity contribution in [3.05, 3.63) is 42.2 Å². The predicted octanol–water partition coefficient (Wildman–Crippen LogP) is 2.84. The number of imidazole rings is 1. The van der Waals surface area contributed by atoms with Crippen LogP contribution in [0.4, 0.5) is 0 Å². The lowest BCUT2D eigenvalue weighted by Crippen LogP contribution is -2.48. The molecule has 1 fully saturated rings. The van der Waals surface area contributed by atoms with Gasteiger partial charge in [0.25, 0.3) is 5.91 Å². The second kappa shape index (κ2) is 6.76. The van der Waals surface area contributed by atoms with Gasteiger partial charge in [-0.15, -0.1) is 0 Å². The fraction of sp³-hybridized carbons (Fsp3) is 0.412. The highest BCUT2D eigenvalue weighted by Gasteiger charge is 2.29. The van der Waals surface area contributed by atoms with Crippen molar-refractivity contribution in [2.45, 2.75) is 31.2 Å². The highest BCUT2D eigenvalue weighted by atomic mass is 32.2. The van der Waals surface area contributed by atoms with Crippen LogP contribution in [0.2, 0.25) is 0 Å². The van der Waals surface area contributed by atoms with Gasteiger partial charge in [-0.3, -0.25) is 9.36 Å². The molecule has 2 atom stereocenters. The van der Waals surface area contributed by atoms with Crippen LogP contribution in [-0.4, -0.2) is 51.9 Å². The zero-order valence-electron chi connectivity index (χ0n) is 13.6. The molecule has 0 spiro atoms. The average molecular weight is 331 g/mol. The molecule has 2 heterocycles. The minimum absolute atomic E-state index is 0.00338. The Morgan fingerprint density at radius 3 is 2.48 bits per heavy atom. The van der Waals surface area contributed by atoms with Crippen molar-refractivity contribution in [1.29, 1.82) is 0 Å². The zero-order valence-corrected chi connectivity index (χ0v) is 14.4. The van der Waals surface area contributed by atoms with Crippen molar-refractivity contribution in [3.63, 3.8) is 0 Å². The van der Waals surface area contributed by atoms with E-state index in [0.717, 1.165) is 10.8 Å². The van der Waals surface area contributed by atoms with Gasteiger partial charge >= 0.3 is 0 Å². The number of hydrogen-bond acceptors (Lipinski definition) is 4. The number of rotatable bonds is 3. The van der Waals surface area contributed by atoms with Gasteiger partial charge in [0.2, 0.25) is 0 Å². The summed E-state index contributed by atoms with van der Waals surface area (Å²) in [5.74, 6) is 0.00338. The first-order chi connectivity index (χ1) is 11.1. The van der Waals surface area contributed by atoms with E-state index in [9.17, 15) is 4.79 Å². The van der Waals surface area contributed by atoms with Crippen molar-refractivity contribution < 1.29 is 9.53 Å². The number of carbonyl (C=O) groups is 1. The summed E-state index contributed by atoms with van der Waals surface area (Å²) < 4.78 is 7.65. The van der Waals surface area contributed by atoms with Gasteiger partial charge in [-0.25, -0.2) is 4.98 Å². The van der Waals surface area contributed by atoms with Crippen LogP contribution >= 0.6 is 11.8 Å². The van der Waals surface area contributed by atoms with E-state index in [1.54, 1.807) is 6.20 Å². The monoisotopic (exact) mass is 331 g/mol. The molecule has 0 N–H and O–H groups in total. The Labute approximate surface area is 140 Å². The second-order valence-corrected chi connectivity index (χ2v) is 6.54. The molecule has 1 saturated heterocycles. The quantitative estimate of drug-likeness (QED) is 0.812. The summed E-state index contributed by atoms with van der Waals surface area (Å²) in [5.41, 5.74) is 1.55. The molecular formula is C17H21N3O2S. The molecule has 5 nitrogen and oxygen atoms in total. The summed E-state index contributed by atoms with van der Waals surface area (Å²) in [7, 11) is 0. The summed E-state index contributed by atoms with van der Waals surface area (Å²) >= 11 is 1.53. The van der Waals surface area contributed by atoms with E-state index in [-0.39, 0.29) is 18.1 Å². The number of thioether (sulfide) groups is 1. The minimum atomic E-state index is 0.00338. The van der Waals surface area contributed by atoms with Crippen LogP contribution in [0, 0.1) is 0 Å². The fourth-order valence-electron chi connectivity index (χ4n) is 2.96. The van der Waals surface area contributed by atoms with Crippen LogP contribution in [-0.2, 0) is 4.74 Å². The maximum atomic E-state index is 13.0. The lowest BCUT2D eigenvalue weighted by molar-refractivity contribution is -0.0588. The number of hydrogen-bond donors (Lipinski definition) is 0. The molecule has 0 saturated carbocycles. The van der Waals surface area contributed by atoms with Crippen LogP contribution < -0.4 is 0 Å². The molecule has 0 aliphatic carbocycles. The van der Waals surface area contributed by atoms with E-state index in [0.29, 0.717) is 18.8 Å². The lowest BCUT2D eigenvalue weighted by Gasteiger charge is -2.35. The highest BCUT2D eigenvalue weighted by Crippen LogP contribution is 2.23. The molecule has 3 rings (SSSR count). The molecule has 1 amide bonds. The minimum Gasteiger partial charge on any atom is -0.372 e. The van der Waals surface area contributed by atoms with Gasteiger partial charge in [-0.05, 0) is 32.2 Å². The largest absolute Gasteiger partial charge is 0.372 e. The Hall–Kier alpha value is -1.79. The van der Waals surface area contributed by atoms with Crippen molar-refractivity contribution in [2.75, 3.05) is 19.3 Å². The van der Waals surface area contributed by atoms with Crippen LogP contribution in [0.3, 0.4) is 0 Å². The smallest absolute Gasteiger partial charge is 0.272 e. The Morgan fingerprint density at radius 2 is 1.87 bits per heavy atom. The molecule has 6 heteroatoms. The van der Waals surface area contributed by atoms with Crippen LogP contribution in [0.5, 0.6) is 0 Å². The van der Waals surface area contributed by atoms with Gasteiger partial charge in [0.15, 0.2) is 5.16 Å². The summed E-state index contributed by atoms with van der Waals surface area (Å²) in [6, 6.07) is 9.87. The molecule has 0 radical (unpaired) electrons. The normalized spacial score (nSPS) is 21.4. The molecule has 2 aromatic rings. The van der Waals surface area contributed by atoms with Gasteiger partial charge in [0, 0.05) is 18.8 Å². The number of benzene rings is 1. The number of aromatic nitrogens is 2. The molecular weight excluding hydrogens is 310 g/mol. The standard InChI is InChI=1S/C17H21N3O2S/c1-12-10-19(11-13(2)22-12)16(21)15-9-18-17(23-3)20(15)14-7-5-4-6-8-14/h4-9,12-13H,10-11H2,1-3H3/t12-,13-/m0/s1. The Kier molecular flexibility index (Phi) is 4.73. The maximum Gasteiger partial charge on any atom is 0.272 e. The van der Waals surface area contributed by atoms with Gasteiger partial charge in [0.1, 0.15) is 5.69 Å². The number of carbonyl (C=O) groups excluding carboxylic acids is 1. The lowest BCUT2D eigenvalue weighted by atomic mass is 10.2. The number of para-hydroxylation sites is 1. The fourth-order valence-corrected chi connectivity index (χ4v) is 3.51. The van der Waals surface area contributed by atoms with Crippen molar-refractivity contribution in [3.8, 4) is 5.69 Å². The Morgan fingerprint density at radius 1 is 1.22 bits per heavy atom. The SMILES string of the molecule is CSc1ncc(C(=O)N2C[C@H](C)O[C@@H](C)C2)n1-c1ccccc1. The second-order valence-electron chi connectivity index (χ2n) is 5.77. The first kappa shape index (κ1) is 16.1. The number of morpholine rings is 1. The van der Waals surface area contributed by atoms with Crippen LogP contribution in [0.1, 0.15) is 24.3 Å². The third-order valence-electron chi connectivity index (χ3n) is 3.85. The van der Waals surface area contributed by atoms with Crippen molar-refractivity contribution in [2.24, 2.45) is 0 Å². The number of nitrogens with zero attached hydrogens (tertiary/aromatic N) is 3. The van der Waals surface area contributed by atoms with E-state index in [4.69, 9.17) is 4.74 Å². The molecule has 0 unspecified atom stereocenters. The molecule has 1 aliphatic rings. The third kappa shape index (κ3) is 3.28. The molecule has 1 aromatic carbocycles. The Bertz CT molecular complexity index is 676.